The van der Waals surface area contributed by atoms with Crippen LogP contribution in [0.5, 0.6) is 0 Å². The van der Waals surface area contributed by atoms with Crippen molar-refractivity contribution in [2.24, 2.45) is 0 Å². The van der Waals surface area contributed by atoms with Gasteiger partial charge in [0.2, 0.25) is 0 Å². The zero-order chi connectivity index (χ0) is 17.3. The Labute approximate surface area is 113 Å². The smallest absolute Gasteiger partial charge is 0.388 e. The molecule has 0 saturated heterocycles. The Balaban J connectivity index is 4.60. The van der Waals surface area contributed by atoms with Gasteiger partial charge >= 0.3 is 32.8 Å². The van der Waals surface area contributed by atoms with Gasteiger partial charge < -0.3 is 8.85 Å². The van der Waals surface area contributed by atoms with Crippen LogP contribution in [0.4, 0.5) is 43.9 Å². The molecule has 0 heterocycles. The van der Waals surface area contributed by atoms with E-state index < -0.39 is 46.0 Å². The number of rotatable bonds is 6. The van der Waals surface area contributed by atoms with Gasteiger partial charge in [0.15, 0.2) is 0 Å². The molecule has 0 aliphatic heterocycles. The molecule has 0 aliphatic rings. The number of alkyl halides is 10. The van der Waals surface area contributed by atoms with E-state index in [1.54, 1.807) is 0 Å². The topological polar surface area (TPSA) is 18.5 Å². The average Bonchev–Trinajstić information content (AvgIpc) is 2.21. The molecule has 0 aromatic heterocycles. The predicted octanol–water partition coefficient (Wildman–Crippen LogP) is 4.12. The van der Waals surface area contributed by atoms with Crippen molar-refractivity contribution in [1.29, 1.82) is 0 Å². The van der Waals surface area contributed by atoms with E-state index in [9.17, 15) is 43.9 Å². The van der Waals surface area contributed by atoms with Gasteiger partial charge in [-0.25, -0.2) is 0 Å². The predicted molar refractivity (Wildman–Crippen MR) is 51.4 cm³/mol. The molecule has 0 aromatic rings. The van der Waals surface area contributed by atoms with Crippen molar-refractivity contribution in [2.45, 2.75) is 37.3 Å². The Morgan fingerprint density at radius 2 is 0.857 bits per heavy atom. The third-order valence-electron chi connectivity index (χ3n) is 2.03. The van der Waals surface area contributed by atoms with Crippen LogP contribution in [0.1, 0.15) is 0 Å². The van der Waals surface area contributed by atoms with E-state index in [1.807, 2.05) is 0 Å². The van der Waals surface area contributed by atoms with E-state index in [1.165, 1.54) is 0 Å². The molecular formula is C8H10F10O2Si. The summed E-state index contributed by atoms with van der Waals surface area (Å²) >= 11 is 0. The number of hydrogen-bond acceptors (Lipinski definition) is 2. The van der Waals surface area contributed by atoms with Gasteiger partial charge in [0.1, 0.15) is 13.2 Å². The number of halogens is 10. The van der Waals surface area contributed by atoms with Crippen LogP contribution in [0.25, 0.3) is 0 Å². The quantitative estimate of drug-likeness (QED) is 0.527. The van der Waals surface area contributed by atoms with Crippen LogP contribution in [0.15, 0.2) is 0 Å². The minimum absolute atomic E-state index is 0.756. The summed E-state index contributed by atoms with van der Waals surface area (Å²) in [5.41, 5.74) is 0. The molecule has 21 heavy (non-hydrogen) atoms. The molecule has 0 saturated carbocycles. The zero-order valence-electron chi connectivity index (χ0n) is 10.5. The molecule has 2 nitrogen and oxygen atoms in total. The third-order valence-corrected chi connectivity index (χ3v) is 3.71. The van der Waals surface area contributed by atoms with Gasteiger partial charge in [-0.3, -0.25) is 0 Å². The van der Waals surface area contributed by atoms with E-state index in [4.69, 9.17) is 0 Å². The van der Waals surface area contributed by atoms with Crippen LogP contribution in [0.3, 0.4) is 0 Å². The molecule has 0 unspecified atom stereocenters. The second kappa shape index (κ2) is 5.91. The fourth-order valence-corrected chi connectivity index (χ4v) is 1.88. The summed E-state index contributed by atoms with van der Waals surface area (Å²) in [6.07, 6.45) is -11.9. The SMILES string of the molecule is C[Si](C)(OCC(F)(F)C(F)(F)F)OCC(F)(F)C(F)(F)F. The van der Waals surface area contributed by atoms with E-state index in [2.05, 4.69) is 8.85 Å². The largest absolute Gasteiger partial charge is 0.455 e. The van der Waals surface area contributed by atoms with Gasteiger partial charge in [-0.1, -0.05) is 0 Å². The van der Waals surface area contributed by atoms with Gasteiger partial charge in [-0.15, -0.1) is 0 Å². The van der Waals surface area contributed by atoms with Crippen molar-refractivity contribution in [3.05, 3.63) is 0 Å². The van der Waals surface area contributed by atoms with Crippen LogP contribution in [-0.4, -0.2) is 46.0 Å². The Kier molecular flexibility index (Phi) is 5.75. The standard InChI is InChI=1S/C8H10F10O2Si/c1-21(2,19-3-5(9,10)7(13,14)15)20-4-6(11,12)8(16,17)18/h3-4H2,1-2H3. The highest BCUT2D eigenvalue weighted by molar-refractivity contribution is 6.64. The monoisotopic (exact) mass is 356 g/mol. The van der Waals surface area contributed by atoms with Gasteiger partial charge in [0.05, 0.1) is 0 Å². The first kappa shape index (κ1) is 20.4. The maximum absolute atomic E-state index is 12.5. The molecule has 0 atom stereocenters. The van der Waals surface area contributed by atoms with Gasteiger partial charge in [-0.2, -0.15) is 43.9 Å². The molecule has 0 rings (SSSR count). The van der Waals surface area contributed by atoms with Crippen molar-refractivity contribution in [3.8, 4) is 0 Å². The zero-order valence-corrected chi connectivity index (χ0v) is 11.5. The van der Waals surface area contributed by atoms with E-state index in [-0.39, 0.29) is 0 Å². The van der Waals surface area contributed by atoms with Crippen molar-refractivity contribution in [3.63, 3.8) is 0 Å². The van der Waals surface area contributed by atoms with Crippen LogP contribution in [-0.2, 0) is 8.85 Å². The fraction of sp³-hybridized carbons (Fsp3) is 1.00. The average molecular weight is 356 g/mol. The Hall–Kier alpha value is -0.563. The summed E-state index contributed by atoms with van der Waals surface area (Å²) in [6, 6.07) is 0. The molecular weight excluding hydrogens is 346 g/mol. The van der Waals surface area contributed by atoms with Crippen molar-refractivity contribution < 1.29 is 52.8 Å². The maximum atomic E-state index is 12.5. The van der Waals surface area contributed by atoms with Gasteiger partial charge in [0, 0.05) is 0 Å². The molecule has 0 radical (unpaired) electrons. The lowest BCUT2D eigenvalue weighted by atomic mass is 10.3. The Morgan fingerprint density at radius 1 is 0.619 bits per heavy atom. The van der Waals surface area contributed by atoms with E-state index in [0.717, 1.165) is 13.1 Å². The fourth-order valence-electron chi connectivity index (χ4n) is 0.734. The summed E-state index contributed by atoms with van der Waals surface area (Å²) in [6.45, 7) is -2.95. The van der Waals surface area contributed by atoms with Crippen LogP contribution < -0.4 is 0 Å². The second-order valence-corrected chi connectivity index (χ2v) is 7.76. The van der Waals surface area contributed by atoms with E-state index >= 15 is 0 Å². The van der Waals surface area contributed by atoms with Crippen LogP contribution in [0.2, 0.25) is 13.1 Å². The van der Waals surface area contributed by atoms with Crippen molar-refractivity contribution >= 4 is 8.56 Å². The highest BCUT2D eigenvalue weighted by atomic mass is 28.4. The Morgan fingerprint density at radius 3 is 1.05 bits per heavy atom. The highest BCUT2D eigenvalue weighted by Crippen LogP contribution is 2.38. The summed E-state index contributed by atoms with van der Waals surface area (Å²) in [4.78, 5) is 0. The molecule has 0 aromatic carbocycles. The molecule has 0 spiro atoms. The highest BCUT2D eigenvalue weighted by Gasteiger charge is 2.60. The maximum Gasteiger partial charge on any atom is 0.455 e. The van der Waals surface area contributed by atoms with Crippen molar-refractivity contribution in [2.75, 3.05) is 13.2 Å². The van der Waals surface area contributed by atoms with Crippen LogP contribution in [0, 0.1) is 0 Å². The lowest BCUT2D eigenvalue weighted by molar-refractivity contribution is -0.296. The first-order valence-corrected chi connectivity index (χ1v) is 7.90. The third kappa shape index (κ3) is 5.98. The van der Waals surface area contributed by atoms with Crippen molar-refractivity contribution in [1.82, 2.24) is 0 Å². The molecule has 0 fully saturated rings. The summed E-state index contributed by atoms with van der Waals surface area (Å²) < 4.78 is 129. The molecule has 0 amide bonds. The van der Waals surface area contributed by atoms with E-state index in [0.29, 0.717) is 0 Å². The minimum atomic E-state index is -5.94. The lowest BCUT2D eigenvalue weighted by Crippen LogP contribution is -2.49. The minimum Gasteiger partial charge on any atom is -0.388 e. The lowest BCUT2D eigenvalue weighted by Gasteiger charge is -2.29. The molecule has 13 heteroatoms. The molecule has 0 bridgehead atoms. The normalized spacial score (nSPS) is 15.4. The van der Waals surface area contributed by atoms with Gasteiger partial charge in [0.25, 0.3) is 0 Å². The van der Waals surface area contributed by atoms with Gasteiger partial charge in [-0.05, 0) is 13.1 Å². The number of hydrogen-bond donors (Lipinski definition) is 0. The van der Waals surface area contributed by atoms with Crippen LogP contribution >= 0.6 is 0 Å². The molecule has 0 N–H and O–H groups in total. The molecule has 128 valence electrons. The molecule has 0 aliphatic carbocycles. The Bertz CT molecular complexity index is 316. The summed E-state index contributed by atoms with van der Waals surface area (Å²) in [5.74, 6) is -10.5. The first-order chi connectivity index (χ1) is 8.91. The second-order valence-electron chi connectivity index (χ2n) is 4.38. The first-order valence-electron chi connectivity index (χ1n) is 5.08. The summed E-state index contributed by atoms with van der Waals surface area (Å²) in [5, 5.41) is 0. The summed E-state index contributed by atoms with van der Waals surface area (Å²) in [7, 11) is -4.04.